The average molecular weight is 358 g/mol. The fourth-order valence-corrected chi connectivity index (χ4v) is 2.84. The SMILES string of the molecule is Cc1ccc(N2CCNC(C(C)(C)C)C2)cc1I. The fourth-order valence-electron chi connectivity index (χ4n) is 2.34. The Morgan fingerprint density at radius 1 is 1.33 bits per heavy atom. The van der Waals surface area contributed by atoms with Crippen molar-refractivity contribution in [2.45, 2.75) is 33.7 Å². The molecule has 0 spiro atoms. The van der Waals surface area contributed by atoms with Crippen LogP contribution < -0.4 is 10.2 Å². The van der Waals surface area contributed by atoms with E-state index in [2.05, 4.69) is 78.7 Å². The summed E-state index contributed by atoms with van der Waals surface area (Å²) in [5.41, 5.74) is 3.04. The van der Waals surface area contributed by atoms with Gasteiger partial charge in [0.05, 0.1) is 0 Å². The highest BCUT2D eigenvalue weighted by Gasteiger charge is 2.29. The molecule has 1 fully saturated rings. The Balaban J connectivity index is 2.15. The number of benzene rings is 1. The first-order chi connectivity index (χ1) is 8.38. The molecule has 0 saturated carbocycles. The lowest BCUT2D eigenvalue weighted by Crippen LogP contribution is -2.56. The number of nitrogens with zero attached hydrogens (tertiary/aromatic N) is 1. The molecule has 1 saturated heterocycles. The van der Waals surface area contributed by atoms with E-state index in [1.165, 1.54) is 14.8 Å². The smallest absolute Gasteiger partial charge is 0.0377 e. The van der Waals surface area contributed by atoms with E-state index >= 15 is 0 Å². The van der Waals surface area contributed by atoms with Gasteiger partial charge >= 0.3 is 0 Å². The van der Waals surface area contributed by atoms with Crippen molar-refractivity contribution in [2.75, 3.05) is 24.5 Å². The minimum absolute atomic E-state index is 0.316. The summed E-state index contributed by atoms with van der Waals surface area (Å²) in [6.07, 6.45) is 0. The Bertz CT molecular complexity index is 423. The van der Waals surface area contributed by atoms with Gasteiger partial charge in [-0.3, -0.25) is 0 Å². The van der Waals surface area contributed by atoms with Gasteiger partial charge in [-0.15, -0.1) is 0 Å². The molecule has 3 heteroatoms. The van der Waals surface area contributed by atoms with Crippen LogP contribution in [0.2, 0.25) is 0 Å². The largest absolute Gasteiger partial charge is 0.369 e. The molecule has 1 aromatic carbocycles. The molecule has 2 rings (SSSR count). The number of hydrogen-bond acceptors (Lipinski definition) is 2. The van der Waals surface area contributed by atoms with E-state index in [9.17, 15) is 0 Å². The molecule has 0 bridgehead atoms. The predicted octanol–water partition coefficient (Wildman–Crippen LogP) is 3.42. The molecule has 1 aliphatic heterocycles. The molecule has 1 aliphatic rings. The van der Waals surface area contributed by atoms with Crippen molar-refractivity contribution in [2.24, 2.45) is 5.41 Å². The number of anilines is 1. The van der Waals surface area contributed by atoms with Crippen molar-refractivity contribution in [3.63, 3.8) is 0 Å². The highest BCUT2D eigenvalue weighted by Crippen LogP contribution is 2.26. The van der Waals surface area contributed by atoms with Crippen molar-refractivity contribution in [1.29, 1.82) is 0 Å². The molecule has 1 aromatic rings. The molecular formula is C15H23IN2. The first-order valence-corrected chi connectivity index (χ1v) is 7.70. The van der Waals surface area contributed by atoms with E-state index in [0.717, 1.165) is 19.6 Å². The van der Waals surface area contributed by atoms with E-state index in [0.29, 0.717) is 11.5 Å². The van der Waals surface area contributed by atoms with Crippen molar-refractivity contribution >= 4 is 28.3 Å². The molecule has 0 radical (unpaired) electrons. The van der Waals surface area contributed by atoms with E-state index in [1.54, 1.807) is 0 Å². The zero-order valence-corrected chi connectivity index (χ0v) is 13.9. The van der Waals surface area contributed by atoms with Crippen molar-refractivity contribution < 1.29 is 0 Å². The van der Waals surface area contributed by atoms with Crippen LogP contribution in [0.5, 0.6) is 0 Å². The van der Waals surface area contributed by atoms with Gasteiger partial charge in [0.2, 0.25) is 0 Å². The first kappa shape index (κ1) is 14.1. The van der Waals surface area contributed by atoms with Gasteiger partial charge in [-0.25, -0.2) is 0 Å². The lowest BCUT2D eigenvalue weighted by atomic mass is 9.85. The summed E-state index contributed by atoms with van der Waals surface area (Å²) in [6.45, 7) is 12.4. The second-order valence-electron chi connectivity index (χ2n) is 6.25. The molecule has 1 heterocycles. The molecule has 0 aliphatic carbocycles. The molecular weight excluding hydrogens is 335 g/mol. The van der Waals surface area contributed by atoms with E-state index in [4.69, 9.17) is 0 Å². The summed E-state index contributed by atoms with van der Waals surface area (Å²) in [4.78, 5) is 2.51. The third-order valence-electron chi connectivity index (χ3n) is 3.74. The monoisotopic (exact) mass is 358 g/mol. The Hall–Kier alpha value is -0.290. The quantitative estimate of drug-likeness (QED) is 0.774. The van der Waals surface area contributed by atoms with Crippen molar-refractivity contribution in [3.05, 3.63) is 27.3 Å². The maximum absolute atomic E-state index is 3.64. The average Bonchev–Trinajstić information content (AvgIpc) is 2.32. The minimum Gasteiger partial charge on any atom is -0.369 e. The molecule has 1 atom stereocenters. The highest BCUT2D eigenvalue weighted by atomic mass is 127. The molecule has 1 N–H and O–H groups in total. The maximum atomic E-state index is 3.64. The Morgan fingerprint density at radius 3 is 2.67 bits per heavy atom. The second kappa shape index (κ2) is 5.37. The maximum Gasteiger partial charge on any atom is 0.0377 e. The summed E-state index contributed by atoms with van der Waals surface area (Å²) in [6, 6.07) is 7.35. The molecule has 0 aromatic heterocycles. The molecule has 18 heavy (non-hydrogen) atoms. The Morgan fingerprint density at radius 2 is 2.06 bits per heavy atom. The lowest BCUT2D eigenvalue weighted by Gasteiger charge is -2.41. The minimum atomic E-state index is 0.316. The normalized spacial score (nSPS) is 21.2. The molecule has 1 unspecified atom stereocenters. The van der Waals surface area contributed by atoms with E-state index in [-0.39, 0.29) is 0 Å². The van der Waals surface area contributed by atoms with Crippen LogP contribution in [0.4, 0.5) is 5.69 Å². The number of hydrogen-bond donors (Lipinski definition) is 1. The first-order valence-electron chi connectivity index (χ1n) is 6.62. The number of halogens is 1. The van der Waals surface area contributed by atoms with E-state index in [1.807, 2.05) is 0 Å². The third-order valence-corrected chi connectivity index (χ3v) is 4.90. The van der Waals surface area contributed by atoms with Crippen LogP contribution in [-0.4, -0.2) is 25.7 Å². The van der Waals surface area contributed by atoms with Crippen molar-refractivity contribution in [3.8, 4) is 0 Å². The topological polar surface area (TPSA) is 15.3 Å². The Kier molecular flexibility index (Phi) is 4.22. The van der Waals surface area contributed by atoms with Crippen molar-refractivity contribution in [1.82, 2.24) is 5.32 Å². The highest BCUT2D eigenvalue weighted by molar-refractivity contribution is 14.1. The summed E-state index contributed by atoms with van der Waals surface area (Å²) in [7, 11) is 0. The lowest BCUT2D eigenvalue weighted by molar-refractivity contribution is 0.254. The van der Waals surface area contributed by atoms with Gasteiger partial charge in [0.1, 0.15) is 0 Å². The third kappa shape index (κ3) is 3.18. The number of rotatable bonds is 1. The predicted molar refractivity (Wildman–Crippen MR) is 87.4 cm³/mol. The van der Waals surface area contributed by atoms with Crippen LogP contribution in [0.1, 0.15) is 26.3 Å². The zero-order valence-electron chi connectivity index (χ0n) is 11.8. The number of nitrogens with one attached hydrogen (secondary N) is 1. The van der Waals surface area contributed by atoms with E-state index < -0.39 is 0 Å². The fraction of sp³-hybridized carbons (Fsp3) is 0.600. The second-order valence-corrected chi connectivity index (χ2v) is 7.41. The van der Waals surface area contributed by atoms with Gasteiger partial charge in [-0.1, -0.05) is 26.8 Å². The van der Waals surface area contributed by atoms with Gasteiger partial charge in [-0.2, -0.15) is 0 Å². The number of aryl methyl sites for hydroxylation is 1. The van der Waals surface area contributed by atoms with Crippen LogP contribution in [0.15, 0.2) is 18.2 Å². The van der Waals surface area contributed by atoms with Crippen LogP contribution in [-0.2, 0) is 0 Å². The summed E-state index contributed by atoms with van der Waals surface area (Å²) in [5.74, 6) is 0. The summed E-state index contributed by atoms with van der Waals surface area (Å²) in [5, 5.41) is 3.64. The van der Waals surface area contributed by atoms with Gasteiger partial charge in [0.15, 0.2) is 0 Å². The zero-order chi connectivity index (χ0) is 13.3. The summed E-state index contributed by atoms with van der Waals surface area (Å²) >= 11 is 2.43. The molecule has 100 valence electrons. The Labute approximate surface area is 124 Å². The van der Waals surface area contributed by atoms with Gasteiger partial charge in [0.25, 0.3) is 0 Å². The molecule has 0 amide bonds. The van der Waals surface area contributed by atoms with Gasteiger partial charge in [0, 0.05) is 34.9 Å². The van der Waals surface area contributed by atoms with Crippen LogP contribution >= 0.6 is 22.6 Å². The summed E-state index contributed by atoms with van der Waals surface area (Å²) < 4.78 is 1.36. The van der Waals surface area contributed by atoms with Gasteiger partial charge in [-0.05, 0) is 52.6 Å². The standard InChI is InChI=1S/C15H23IN2/c1-11-5-6-12(9-13(11)16)18-8-7-17-14(10-18)15(2,3)4/h5-6,9,14,17H,7-8,10H2,1-4H3. The van der Waals surface area contributed by atoms with Crippen LogP contribution in [0.25, 0.3) is 0 Å². The number of piperazine rings is 1. The van der Waals surface area contributed by atoms with Crippen LogP contribution in [0.3, 0.4) is 0 Å². The molecule has 2 nitrogen and oxygen atoms in total. The van der Waals surface area contributed by atoms with Gasteiger partial charge < -0.3 is 10.2 Å². The van der Waals surface area contributed by atoms with Crippen LogP contribution in [0, 0.1) is 15.9 Å².